The molecule has 0 radical (unpaired) electrons. The normalized spacial score (nSPS) is 21.3. The number of aromatic nitrogens is 1. The van der Waals surface area contributed by atoms with Crippen LogP contribution in [0.5, 0.6) is 0 Å². The van der Waals surface area contributed by atoms with Gasteiger partial charge in [0.05, 0.1) is 16.7 Å². The van der Waals surface area contributed by atoms with Crippen LogP contribution in [-0.4, -0.2) is 41.5 Å². The van der Waals surface area contributed by atoms with Crippen molar-refractivity contribution < 1.29 is 18.4 Å². The monoisotopic (exact) mass is 450 g/mol. The Bertz CT molecular complexity index is 1250. The van der Waals surface area contributed by atoms with Crippen molar-refractivity contribution in [1.29, 1.82) is 0 Å². The number of carbonyl (C=O) groups excluding carboxylic acids is 2. The number of hydrogen-bond acceptors (Lipinski definition) is 3. The van der Waals surface area contributed by atoms with Crippen molar-refractivity contribution in [2.75, 3.05) is 13.6 Å². The molecule has 1 aromatic heterocycles. The lowest BCUT2D eigenvalue weighted by atomic mass is 9.92. The van der Waals surface area contributed by atoms with Crippen LogP contribution in [0.2, 0.25) is 0 Å². The Balaban J connectivity index is 1.37. The second-order valence-electron chi connectivity index (χ2n) is 9.01. The number of likely N-dealkylation sites (tertiary alicyclic amines) is 1. The zero-order valence-corrected chi connectivity index (χ0v) is 18.4. The van der Waals surface area contributed by atoms with Crippen LogP contribution in [0.1, 0.15) is 35.6 Å². The Kier molecular flexibility index (Phi) is 5.03. The Labute approximate surface area is 190 Å². The van der Waals surface area contributed by atoms with Gasteiger partial charge in [0.15, 0.2) is 0 Å². The predicted octanol–water partition coefficient (Wildman–Crippen LogP) is 3.73. The number of halogens is 2. The van der Waals surface area contributed by atoms with Gasteiger partial charge < -0.3 is 15.5 Å². The lowest BCUT2D eigenvalue weighted by molar-refractivity contribution is -0.128. The molecule has 0 spiro atoms. The summed E-state index contributed by atoms with van der Waals surface area (Å²) in [5, 5.41) is 6.63. The molecule has 2 atom stereocenters. The smallest absolute Gasteiger partial charge is 0.316 e. The van der Waals surface area contributed by atoms with Crippen LogP contribution in [-0.2, 0) is 10.3 Å². The van der Waals surface area contributed by atoms with Gasteiger partial charge in [-0.2, -0.15) is 0 Å². The van der Waals surface area contributed by atoms with Crippen LogP contribution in [0.15, 0.2) is 48.5 Å². The van der Waals surface area contributed by atoms with Crippen LogP contribution < -0.4 is 10.6 Å². The van der Waals surface area contributed by atoms with E-state index in [0.717, 1.165) is 29.4 Å². The van der Waals surface area contributed by atoms with E-state index in [2.05, 4.69) is 10.6 Å². The Morgan fingerprint density at radius 1 is 1.12 bits per heavy atom. The number of aryl methyl sites for hydroxylation is 1. The van der Waals surface area contributed by atoms with Crippen molar-refractivity contribution in [2.45, 2.75) is 37.3 Å². The number of benzene rings is 2. The molecule has 2 aliphatic rings. The van der Waals surface area contributed by atoms with E-state index >= 15 is 0 Å². The number of urea groups is 1. The zero-order chi connectivity index (χ0) is 23.3. The van der Waals surface area contributed by atoms with Crippen molar-refractivity contribution in [3.63, 3.8) is 0 Å². The summed E-state index contributed by atoms with van der Waals surface area (Å²) in [6, 6.07) is 12.4. The first-order chi connectivity index (χ1) is 15.8. The van der Waals surface area contributed by atoms with Gasteiger partial charge in [0.25, 0.3) is 0 Å². The van der Waals surface area contributed by atoms with Crippen molar-refractivity contribution in [1.82, 2.24) is 20.5 Å². The minimum Gasteiger partial charge on any atom is -0.343 e. The predicted molar refractivity (Wildman–Crippen MR) is 120 cm³/mol. The van der Waals surface area contributed by atoms with Gasteiger partial charge in [0.2, 0.25) is 5.91 Å². The van der Waals surface area contributed by atoms with Gasteiger partial charge in [-0.15, -0.1) is 0 Å². The number of likely N-dealkylation sites (N-methyl/N-ethyl adjacent to an activating group) is 1. The summed E-state index contributed by atoms with van der Waals surface area (Å²) >= 11 is 0. The molecule has 2 aromatic carbocycles. The molecule has 3 amide bonds. The fourth-order valence-corrected chi connectivity index (χ4v) is 4.68. The molecule has 6 nitrogen and oxygen atoms in total. The highest BCUT2D eigenvalue weighted by atomic mass is 19.1. The summed E-state index contributed by atoms with van der Waals surface area (Å²) in [6.45, 7) is 1.71. The van der Waals surface area contributed by atoms with Crippen LogP contribution in [0.3, 0.4) is 0 Å². The Morgan fingerprint density at radius 3 is 2.52 bits per heavy atom. The largest absolute Gasteiger partial charge is 0.343 e. The van der Waals surface area contributed by atoms with Crippen LogP contribution in [0.25, 0.3) is 10.9 Å². The molecule has 0 unspecified atom stereocenters. The van der Waals surface area contributed by atoms with Gasteiger partial charge in [-0.05, 0) is 49.6 Å². The van der Waals surface area contributed by atoms with Gasteiger partial charge in [0, 0.05) is 30.5 Å². The molecule has 3 aromatic rings. The fourth-order valence-electron chi connectivity index (χ4n) is 4.68. The fraction of sp³-hybridized carbons (Fsp3) is 0.320. The van der Waals surface area contributed by atoms with Crippen molar-refractivity contribution >= 4 is 22.8 Å². The summed E-state index contributed by atoms with van der Waals surface area (Å²) in [4.78, 5) is 31.8. The third-order valence-corrected chi connectivity index (χ3v) is 6.59. The molecule has 2 fully saturated rings. The van der Waals surface area contributed by atoms with E-state index in [1.165, 1.54) is 17.0 Å². The van der Waals surface area contributed by atoms with E-state index in [9.17, 15) is 18.4 Å². The van der Waals surface area contributed by atoms with E-state index in [-0.39, 0.29) is 18.0 Å². The average Bonchev–Trinajstić information content (AvgIpc) is 3.50. The summed E-state index contributed by atoms with van der Waals surface area (Å²) in [7, 11) is 1.56. The SMILES string of the molecule is Cc1cc(F)c([C@@H]2CN(C)C(=O)[C@H]2NC(=O)NC2(c3ccc4ccccc4n3)CC2)c(F)c1. The first kappa shape index (κ1) is 21.3. The molecule has 1 aliphatic heterocycles. The summed E-state index contributed by atoms with van der Waals surface area (Å²) in [5.41, 5.74) is 1.24. The van der Waals surface area contributed by atoms with Gasteiger partial charge in [-0.3, -0.25) is 9.78 Å². The number of amides is 3. The number of rotatable bonds is 4. The average molecular weight is 450 g/mol. The Morgan fingerprint density at radius 2 is 1.82 bits per heavy atom. The van der Waals surface area contributed by atoms with Gasteiger partial charge in [-0.25, -0.2) is 13.6 Å². The summed E-state index contributed by atoms with van der Waals surface area (Å²) in [5.74, 6) is -2.65. The van der Waals surface area contributed by atoms with Crippen LogP contribution in [0, 0.1) is 18.6 Å². The minimum absolute atomic E-state index is 0.109. The molecule has 1 saturated heterocycles. The lowest BCUT2D eigenvalue weighted by Gasteiger charge is -2.23. The Hall–Kier alpha value is -3.55. The molecule has 1 saturated carbocycles. The molecular formula is C25H24F2N4O2. The molecule has 2 heterocycles. The van der Waals surface area contributed by atoms with Crippen LogP contribution >= 0.6 is 0 Å². The highest BCUT2D eigenvalue weighted by Gasteiger charge is 2.49. The lowest BCUT2D eigenvalue weighted by Crippen LogP contribution is -2.50. The molecule has 2 N–H and O–H groups in total. The summed E-state index contributed by atoms with van der Waals surface area (Å²) < 4.78 is 29.3. The summed E-state index contributed by atoms with van der Waals surface area (Å²) in [6.07, 6.45) is 1.43. The maximum absolute atomic E-state index is 14.7. The number of nitrogens with one attached hydrogen (secondary N) is 2. The van der Waals surface area contributed by atoms with Gasteiger partial charge in [0.1, 0.15) is 17.7 Å². The minimum atomic E-state index is -1.07. The zero-order valence-electron chi connectivity index (χ0n) is 18.4. The second kappa shape index (κ2) is 7.79. The first-order valence-electron chi connectivity index (χ1n) is 10.9. The van der Waals surface area contributed by atoms with Gasteiger partial charge >= 0.3 is 6.03 Å². The molecule has 0 bridgehead atoms. The highest BCUT2D eigenvalue weighted by Crippen LogP contribution is 2.45. The molecule has 1 aliphatic carbocycles. The highest BCUT2D eigenvalue weighted by molar-refractivity contribution is 5.90. The molecular weight excluding hydrogens is 426 g/mol. The van der Waals surface area contributed by atoms with Crippen molar-refractivity contribution in [3.05, 3.63) is 77.0 Å². The standard InChI is InChI=1S/C25H24F2N4O2/c1-14-11-17(26)21(18(27)12-14)16-13-31(2)23(32)22(16)29-24(33)30-25(9-10-25)20-8-7-15-5-3-4-6-19(15)28-20/h3-8,11-12,16,22H,9-10,13H2,1-2H3,(H2,29,30,33)/t16-,22-/m0/s1. The van der Waals surface area contributed by atoms with E-state index in [1.807, 2.05) is 36.4 Å². The molecule has 8 heteroatoms. The van der Waals surface area contributed by atoms with E-state index < -0.39 is 35.2 Å². The third kappa shape index (κ3) is 3.79. The third-order valence-electron chi connectivity index (χ3n) is 6.59. The number of pyridine rings is 1. The van der Waals surface area contributed by atoms with Crippen LogP contribution in [0.4, 0.5) is 13.6 Å². The quantitative estimate of drug-likeness (QED) is 0.636. The molecule has 33 heavy (non-hydrogen) atoms. The number of nitrogens with zero attached hydrogens (tertiary/aromatic N) is 2. The number of fused-ring (bicyclic) bond motifs is 1. The number of para-hydroxylation sites is 1. The maximum Gasteiger partial charge on any atom is 0.316 e. The van der Waals surface area contributed by atoms with E-state index in [0.29, 0.717) is 5.56 Å². The molecule has 170 valence electrons. The van der Waals surface area contributed by atoms with Gasteiger partial charge in [-0.1, -0.05) is 24.3 Å². The number of hydrogen-bond donors (Lipinski definition) is 2. The van der Waals surface area contributed by atoms with Crippen molar-refractivity contribution in [2.24, 2.45) is 0 Å². The molecule has 5 rings (SSSR count). The van der Waals surface area contributed by atoms with Crippen molar-refractivity contribution in [3.8, 4) is 0 Å². The maximum atomic E-state index is 14.7. The second-order valence-corrected chi connectivity index (χ2v) is 9.01. The first-order valence-corrected chi connectivity index (χ1v) is 10.9. The van der Waals surface area contributed by atoms with E-state index in [1.54, 1.807) is 14.0 Å². The van der Waals surface area contributed by atoms with E-state index in [4.69, 9.17) is 4.98 Å². The topological polar surface area (TPSA) is 74.3 Å². The number of carbonyl (C=O) groups is 2.